The Balaban J connectivity index is 1.65. The van der Waals surface area contributed by atoms with Crippen molar-refractivity contribution in [1.82, 2.24) is 4.98 Å². The molecule has 1 N–H and O–H groups in total. The molecule has 152 valence electrons. The number of methoxy groups -OCH3 is 1. The van der Waals surface area contributed by atoms with Crippen molar-refractivity contribution in [3.05, 3.63) is 71.3 Å². The van der Waals surface area contributed by atoms with Gasteiger partial charge in [0.2, 0.25) is 5.91 Å². The lowest BCUT2D eigenvalue weighted by Crippen LogP contribution is -2.12. The highest BCUT2D eigenvalue weighted by Crippen LogP contribution is 2.27. The third-order valence-electron chi connectivity index (χ3n) is 4.44. The van der Waals surface area contributed by atoms with Crippen LogP contribution >= 0.6 is 11.8 Å². The molecule has 0 bridgehead atoms. The van der Waals surface area contributed by atoms with E-state index >= 15 is 0 Å². The van der Waals surface area contributed by atoms with Crippen LogP contribution in [0.1, 0.15) is 23.1 Å². The summed E-state index contributed by atoms with van der Waals surface area (Å²) in [7, 11) is 1.62. The molecule has 0 spiro atoms. The molecule has 0 aliphatic heterocycles. The summed E-state index contributed by atoms with van der Waals surface area (Å²) in [4.78, 5) is 16.9. The topological polar surface area (TPSA) is 75.0 Å². The molecular formula is C24H23N3O2S. The lowest BCUT2D eigenvalue weighted by atomic mass is 10.1. The minimum atomic E-state index is -0.0580. The molecule has 1 aromatic heterocycles. The van der Waals surface area contributed by atoms with Gasteiger partial charge in [-0.3, -0.25) is 4.79 Å². The number of nitriles is 1. The molecule has 0 fully saturated rings. The van der Waals surface area contributed by atoms with Gasteiger partial charge in [-0.25, -0.2) is 4.98 Å². The standard InChI is InChI=1S/C24H23N3O2S/c1-16-12-17(2)14-20(13-16)26-23(28)10-11-30-24-19(15-25)6-9-22(27-24)18-4-7-21(29-3)8-5-18/h4-9,12-14H,10-11H2,1-3H3,(H,26,28). The summed E-state index contributed by atoms with van der Waals surface area (Å²) < 4.78 is 5.19. The van der Waals surface area contributed by atoms with E-state index in [9.17, 15) is 10.1 Å². The van der Waals surface area contributed by atoms with Gasteiger partial charge in [-0.1, -0.05) is 6.07 Å². The number of carbonyl (C=O) groups excluding carboxylic acids is 1. The Morgan fingerprint density at radius 3 is 2.43 bits per heavy atom. The van der Waals surface area contributed by atoms with Crippen LogP contribution in [0.25, 0.3) is 11.3 Å². The predicted octanol–water partition coefficient (Wildman–Crippen LogP) is 5.37. The molecule has 1 amide bonds. The van der Waals surface area contributed by atoms with Crippen molar-refractivity contribution in [2.45, 2.75) is 25.3 Å². The second-order valence-corrected chi connectivity index (χ2v) is 8.00. The molecule has 0 aliphatic rings. The van der Waals surface area contributed by atoms with Crippen molar-refractivity contribution in [2.24, 2.45) is 0 Å². The number of benzene rings is 2. The Hall–Kier alpha value is -3.30. The lowest BCUT2D eigenvalue weighted by Gasteiger charge is -2.09. The van der Waals surface area contributed by atoms with E-state index in [1.165, 1.54) is 11.8 Å². The summed E-state index contributed by atoms with van der Waals surface area (Å²) in [5, 5.41) is 13.0. The number of ether oxygens (including phenoxy) is 1. The summed E-state index contributed by atoms with van der Waals surface area (Å²) >= 11 is 1.41. The van der Waals surface area contributed by atoms with E-state index in [-0.39, 0.29) is 5.91 Å². The SMILES string of the molecule is COc1ccc(-c2ccc(C#N)c(SCCC(=O)Nc3cc(C)cc(C)c3)n2)cc1. The van der Waals surface area contributed by atoms with Crippen LogP contribution in [0, 0.1) is 25.2 Å². The Kier molecular flexibility index (Phi) is 7.10. The maximum Gasteiger partial charge on any atom is 0.225 e. The van der Waals surface area contributed by atoms with Gasteiger partial charge in [-0.2, -0.15) is 5.26 Å². The Morgan fingerprint density at radius 1 is 1.10 bits per heavy atom. The van der Waals surface area contributed by atoms with Crippen LogP contribution in [-0.2, 0) is 4.79 Å². The Labute approximate surface area is 181 Å². The number of amides is 1. The smallest absolute Gasteiger partial charge is 0.225 e. The molecule has 30 heavy (non-hydrogen) atoms. The third kappa shape index (κ3) is 5.62. The number of thioether (sulfide) groups is 1. The zero-order valence-electron chi connectivity index (χ0n) is 17.2. The first-order valence-electron chi connectivity index (χ1n) is 9.55. The molecule has 0 saturated heterocycles. The molecule has 3 aromatic rings. The van der Waals surface area contributed by atoms with Crippen LogP contribution in [-0.4, -0.2) is 23.8 Å². The largest absolute Gasteiger partial charge is 0.497 e. The molecule has 0 unspecified atom stereocenters. The number of carbonyl (C=O) groups is 1. The fraction of sp³-hybridized carbons (Fsp3) is 0.208. The lowest BCUT2D eigenvalue weighted by molar-refractivity contribution is -0.115. The van der Waals surface area contributed by atoms with Crippen LogP contribution < -0.4 is 10.1 Å². The van der Waals surface area contributed by atoms with Gasteiger partial charge >= 0.3 is 0 Å². The Bertz CT molecular complexity index is 1070. The van der Waals surface area contributed by atoms with Gasteiger partial charge in [0.25, 0.3) is 0 Å². The van der Waals surface area contributed by atoms with Gasteiger partial charge in [0.15, 0.2) is 0 Å². The highest BCUT2D eigenvalue weighted by Gasteiger charge is 2.10. The van der Waals surface area contributed by atoms with Gasteiger partial charge in [0, 0.05) is 23.4 Å². The van der Waals surface area contributed by atoms with E-state index in [1.54, 1.807) is 13.2 Å². The van der Waals surface area contributed by atoms with Crippen LogP contribution in [0.3, 0.4) is 0 Å². The summed E-state index contributed by atoms with van der Waals surface area (Å²) in [6.07, 6.45) is 0.330. The van der Waals surface area contributed by atoms with E-state index in [0.717, 1.165) is 33.8 Å². The minimum absolute atomic E-state index is 0.0580. The van der Waals surface area contributed by atoms with Crippen molar-refractivity contribution in [3.8, 4) is 23.1 Å². The van der Waals surface area contributed by atoms with Crippen molar-refractivity contribution in [2.75, 3.05) is 18.2 Å². The first-order valence-corrected chi connectivity index (χ1v) is 10.5. The average Bonchev–Trinajstić information content (AvgIpc) is 2.73. The number of nitrogens with one attached hydrogen (secondary N) is 1. The van der Waals surface area contributed by atoms with Gasteiger partial charge < -0.3 is 10.1 Å². The summed E-state index contributed by atoms with van der Waals surface area (Å²) in [5.41, 5.74) is 5.25. The number of anilines is 1. The molecular weight excluding hydrogens is 394 g/mol. The van der Waals surface area contributed by atoms with Crippen molar-refractivity contribution in [3.63, 3.8) is 0 Å². The van der Waals surface area contributed by atoms with Crippen LogP contribution in [0.4, 0.5) is 5.69 Å². The first kappa shape index (κ1) is 21.4. The molecule has 5 nitrogen and oxygen atoms in total. The average molecular weight is 418 g/mol. The second kappa shape index (κ2) is 9.95. The van der Waals surface area contributed by atoms with Crippen LogP contribution in [0.2, 0.25) is 0 Å². The molecule has 6 heteroatoms. The minimum Gasteiger partial charge on any atom is -0.497 e. The highest BCUT2D eigenvalue weighted by atomic mass is 32.2. The van der Waals surface area contributed by atoms with Crippen molar-refractivity contribution in [1.29, 1.82) is 5.26 Å². The number of pyridine rings is 1. The van der Waals surface area contributed by atoms with E-state index < -0.39 is 0 Å². The fourth-order valence-electron chi connectivity index (χ4n) is 3.07. The molecule has 0 aliphatic carbocycles. The van der Waals surface area contributed by atoms with E-state index in [0.29, 0.717) is 22.8 Å². The molecule has 2 aromatic carbocycles. The first-order chi connectivity index (χ1) is 14.5. The number of aromatic nitrogens is 1. The molecule has 3 rings (SSSR count). The number of nitrogens with zero attached hydrogens (tertiary/aromatic N) is 2. The van der Waals surface area contributed by atoms with E-state index in [1.807, 2.05) is 56.3 Å². The second-order valence-electron chi connectivity index (χ2n) is 6.91. The van der Waals surface area contributed by atoms with Crippen LogP contribution in [0.5, 0.6) is 5.75 Å². The van der Waals surface area contributed by atoms with Gasteiger partial charge in [0.05, 0.1) is 18.4 Å². The molecule has 0 radical (unpaired) electrons. The van der Waals surface area contributed by atoms with Crippen molar-refractivity contribution >= 4 is 23.4 Å². The van der Waals surface area contributed by atoms with Crippen molar-refractivity contribution < 1.29 is 9.53 Å². The van der Waals surface area contributed by atoms with Gasteiger partial charge in [-0.05, 0) is 73.5 Å². The zero-order chi connectivity index (χ0) is 21.5. The summed E-state index contributed by atoms with van der Waals surface area (Å²) in [6, 6.07) is 19.4. The van der Waals surface area contributed by atoms with Gasteiger partial charge in [-0.15, -0.1) is 11.8 Å². The molecule has 1 heterocycles. The summed E-state index contributed by atoms with van der Waals surface area (Å²) in [5.74, 6) is 1.25. The van der Waals surface area contributed by atoms with Crippen LogP contribution in [0.15, 0.2) is 59.6 Å². The quantitative estimate of drug-likeness (QED) is 0.523. The number of rotatable bonds is 7. The normalized spacial score (nSPS) is 10.3. The maximum atomic E-state index is 12.3. The highest BCUT2D eigenvalue weighted by molar-refractivity contribution is 7.99. The zero-order valence-corrected chi connectivity index (χ0v) is 18.0. The Morgan fingerprint density at radius 2 is 1.80 bits per heavy atom. The summed E-state index contributed by atoms with van der Waals surface area (Å²) in [6.45, 7) is 4.01. The predicted molar refractivity (Wildman–Crippen MR) is 121 cm³/mol. The van der Waals surface area contributed by atoms with E-state index in [4.69, 9.17) is 4.74 Å². The fourth-order valence-corrected chi connectivity index (χ4v) is 3.98. The third-order valence-corrected chi connectivity index (χ3v) is 5.43. The molecule has 0 atom stereocenters. The maximum absolute atomic E-state index is 12.3. The van der Waals surface area contributed by atoms with E-state index in [2.05, 4.69) is 22.4 Å². The molecule has 0 saturated carbocycles. The number of hydrogen-bond donors (Lipinski definition) is 1. The monoisotopic (exact) mass is 417 g/mol. The van der Waals surface area contributed by atoms with Gasteiger partial charge in [0.1, 0.15) is 16.8 Å². The number of hydrogen-bond acceptors (Lipinski definition) is 5. The number of aryl methyl sites for hydroxylation is 2.